The van der Waals surface area contributed by atoms with Crippen LogP contribution >= 0.6 is 11.3 Å². The fourth-order valence-corrected chi connectivity index (χ4v) is 4.33. The van der Waals surface area contributed by atoms with Crippen molar-refractivity contribution in [2.24, 2.45) is 0 Å². The Labute approximate surface area is 182 Å². The predicted octanol–water partition coefficient (Wildman–Crippen LogP) is 3.49. The van der Waals surface area contributed by atoms with E-state index in [1.165, 1.54) is 50.1 Å². The number of anilines is 1. The van der Waals surface area contributed by atoms with Crippen molar-refractivity contribution in [2.45, 2.75) is 57.9 Å². The normalized spacial score (nSPS) is 15.9. The second-order valence-corrected chi connectivity index (χ2v) is 8.82. The maximum atomic E-state index is 12.2. The van der Waals surface area contributed by atoms with Gasteiger partial charge in [0.2, 0.25) is 10.9 Å². The monoisotopic (exact) mass is 429 g/mol. The Balaban J connectivity index is 1.35. The lowest BCUT2D eigenvalue weighted by atomic mass is 10.2. The number of benzene rings is 1. The van der Waals surface area contributed by atoms with Crippen LogP contribution < -0.4 is 10.6 Å². The quantitative estimate of drug-likeness (QED) is 0.637. The third kappa shape index (κ3) is 7.18. The number of nitrogens with zero attached hydrogens (tertiary/aromatic N) is 3. The summed E-state index contributed by atoms with van der Waals surface area (Å²) < 4.78 is 0. The molecule has 8 heteroatoms. The summed E-state index contributed by atoms with van der Waals surface area (Å²) in [5.74, 6) is -0.263. The molecule has 0 spiro atoms. The zero-order valence-electron chi connectivity index (χ0n) is 17.6. The molecule has 3 rings (SSSR count). The molecule has 0 radical (unpaired) electrons. The molecule has 2 N–H and O–H groups in total. The number of aromatic nitrogens is 2. The second kappa shape index (κ2) is 11.8. The lowest BCUT2D eigenvalue weighted by Gasteiger charge is -2.27. The van der Waals surface area contributed by atoms with Gasteiger partial charge in [-0.05, 0) is 51.4 Å². The molecule has 1 saturated heterocycles. The van der Waals surface area contributed by atoms with Gasteiger partial charge in [0.15, 0.2) is 0 Å². The standard InChI is InChI=1S/C22H31N5O2S/c1-17(27-15-7-2-3-8-16-27)13-14-23-19(28)11-12-20-25-26-22(30-20)21(29)24-18-9-5-4-6-10-18/h4-6,9-10,17H,2-3,7-8,11-16H2,1H3,(H,23,28)(H,24,29)/t17-/m1/s1. The van der Waals surface area contributed by atoms with E-state index in [1.807, 2.05) is 30.3 Å². The van der Waals surface area contributed by atoms with Gasteiger partial charge in [0.05, 0.1) is 0 Å². The molecule has 0 saturated carbocycles. The van der Waals surface area contributed by atoms with E-state index in [0.29, 0.717) is 41.1 Å². The van der Waals surface area contributed by atoms with Crippen LogP contribution in [0.1, 0.15) is 60.3 Å². The largest absolute Gasteiger partial charge is 0.356 e. The van der Waals surface area contributed by atoms with Crippen LogP contribution in [-0.2, 0) is 11.2 Å². The molecule has 1 aliphatic rings. The van der Waals surface area contributed by atoms with E-state index in [1.54, 1.807) is 0 Å². The fraction of sp³-hybridized carbons (Fsp3) is 0.545. The number of aryl methyl sites for hydroxylation is 1. The van der Waals surface area contributed by atoms with Gasteiger partial charge in [-0.1, -0.05) is 42.4 Å². The Hall–Kier alpha value is -2.32. The average molecular weight is 430 g/mol. The number of rotatable bonds is 9. The summed E-state index contributed by atoms with van der Waals surface area (Å²) in [6, 6.07) is 9.73. The summed E-state index contributed by atoms with van der Waals surface area (Å²) in [6.07, 6.45) is 7.04. The molecular formula is C22H31N5O2S. The van der Waals surface area contributed by atoms with E-state index in [0.717, 1.165) is 6.42 Å². The molecule has 1 aliphatic heterocycles. The van der Waals surface area contributed by atoms with Gasteiger partial charge >= 0.3 is 0 Å². The highest BCUT2D eigenvalue weighted by Crippen LogP contribution is 2.15. The Bertz CT molecular complexity index is 803. The van der Waals surface area contributed by atoms with Crippen LogP contribution in [0.3, 0.4) is 0 Å². The number of para-hydroxylation sites is 1. The van der Waals surface area contributed by atoms with E-state index >= 15 is 0 Å². The molecule has 162 valence electrons. The van der Waals surface area contributed by atoms with Crippen LogP contribution in [0.5, 0.6) is 0 Å². The van der Waals surface area contributed by atoms with Gasteiger partial charge in [-0.25, -0.2) is 0 Å². The summed E-state index contributed by atoms with van der Waals surface area (Å²) in [5.41, 5.74) is 0.716. The number of hydrogen-bond donors (Lipinski definition) is 2. The molecule has 2 aromatic rings. The van der Waals surface area contributed by atoms with Crippen LogP contribution in [0.4, 0.5) is 5.69 Å². The van der Waals surface area contributed by atoms with Crippen LogP contribution in [0.15, 0.2) is 30.3 Å². The van der Waals surface area contributed by atoms with Crippen LogP contribution in [0, 0.1) is 0 Å². The van der Waals surface area contributed by atoms with Gasteiger partial charge < -0.3 is 15.5 Å². The van der Waals surface area contributed by atoms with Gasteiger partial charge in [0, 0.05) is 31.1 Å². The van der Waals surface area contributed by atoms with E-state index in [-0.39, 0.29) is 11.8 Å². The number of carbonyl (C=O) groups excluding carboxylic acids is 2. The molecule has 1 atom stereocenters. The fourth-order valence-electron chi connectivity index (χ4n) is 3.60. The first-order chi connectivity index (χ1) is 14.6. The van der Waals surface area contributed by atoms with Crippen LogP contribution in [-0.4, -0.2) is 52.6 Å². The number of likely N-dealkylation sites (tertiary alicyclic amines) is 1. The Morgan fingerprint density at radius 1 is 1.10 bits per heavy atom. The molecule has 1 aromatic heterocycles. The zero-order valence-corrected chi connectivity index (χ0v) is 18.4. The minimum atomic E-state index is -0.281. The van der Waals surface area contributed by atoms with Gasteiger partial charge in [0.25, 0.3) is 5.91 Å². The predicted molar refractivity (Wildman–Crippen MR) is 120 cm³/mol. The summed E-state index contributed by atoms with van der Waals surface area (Å²) in [5, 5.41) is 14.8. The van der Waals surface area contributed by atoms with E-state index in [9.17, 15) is 9.59 Å². The Kier molecular flexibility index (Phi) is 8.77. The third-order valence-corrected chi connectivity index (χ3v) is 6.39. The first-order valence-corrected chi connectivity index (χ1v) is 11.6. The molecule has 30 heavy (non-hydrogen) atoms. The molecule has 2 heterocycles. The van der Waals surface area contributed by atoms with Gasteiger partial charge in [-0.2, -0.15) is 0 Å². The Morgan fingerprint density at radius 3 is 2.57 bits per heavy atom. The zero-order chi connectivity index (χ0) is 21.2. The summed E-state index contributed by atoms with van der Waals surface area (Å²) in [4.78, 5) is 26.9. The highest BCUT2D eigenvalue weighted by molar-refractivity contribution is 7.13. The first-order valence-electron chi connectivity index (χ1n) is 10.8. The van der Waals surface area contributed by atoms with Crippen molar-refractivity contribution >= 4 is 28.8 Å². The van der Waals surface area contributed by atoms with E-state index in [2.05, 4.69) is 32.7 Å². The number of nitrogens with one attached hydrogen (secondary N) is 2. The Morgan fingerprint density at radius 2 is 1.83 bits per heavy atom. The minimum Gasteiger partial charge on any atom is -0.356 e. The van der Waals surface area contributed by atoms with Gasteiger partial charge in [-0.15, -0.1) is 10.2 Å². The highest BCUT2D eigenvalue weighted by atomic mass is 32.1. The molecule has 0 unspecified atom stereocenters. The van der Waals surface area contributed by atoms with Crippen molar-refractivity contribution in [3.8, 4) is 0 Å². The number of hydrogen-bond acceptors (Lipinski definition) is 6. The first kappa shape index (κ1) is 22.4. The number of carbonyl (C=O) groups is 2. The van der Waals surface area contributed by atoms with E-state index in [4.69, 9.17) is 0 Å². The average Bonchev–Trinajstić information content (AvgIpc) is 3.06. The van der Waals surface area contributed by atoms with Crippen molar-refractivity contribution in [3.05, 3.63) is 40.3 Å². The van der Waals surface area contributed by atoms with Crippen molar-refractivity contribution < 1.29 is 9.59 Å². The van der Waals surface area contributed by atoms with Crippen molar-refractivity contribution in [2.75, 3.05) is 25.0 Å². The minimum absolute atomic E-state index is 0.0172. The van der Waals surface area contributed by atoms with E-state index < -0.39 is 0 Å². The third-order valence-electron chi connectivity index (χ3n) is 5.41. The number of amides is 2. The molecule has 0 bridgehead atoms. The molecule has 1 aromatic carbocycles. The second-order valence-electron chi connectivity index (χ2n) is 7.76. The van der Waals surface area contributed by atoms with Crippen molar-refractivity contribution in [1.29, 1.82) is 0 Å². The lowest BCUT2D eigenvalue weighted by molar-refractivity contribution is -0.121. The van der Waals surface area contributed by atoms with Crippen LogP contribution in [0.2, 0.25) is 0 Å². The lowest BCUT2D eigenvalue weighted by Crippen LogP contribution is -2.37. The summed E-state index contributed by atoms with van der Waals surface area (Å²) in [7, 11) is 0. The summed E-state index contributed by atoms with van der Waals surface area (Å²) >= 11 is 1.23. The highest BCUT2D eigenvalue weighted by Gasteiger charge is 2.16. The SMILES string of the molecule is C[C@H](CCNC(=O)CCc1nnc(C(=O)Nc2ccccc2)s1)N1CCCCCC1. The van der Waals surface area contributed by atoms with Crippen molar-refractivity contribution in [1.82, 2.24) is 20.4 Å². The van der Waals surface area contributed by atoms with Gasteiger partial charge in [-0.3, -0.25) is 9.59 Å². The van der Waals surface area contributed by atoms with Gasteiger partial charge in [0.1, 0.15) is 5.01 Å². The molecule has 7 nitrogen and oxygen atoms in total. The molecule has 1 fully saturated rings. The maximum Gasteiger partial charge on any atom is 0.286 e. The van der Waals surface area contributed by atoms with Crippen molar-refractivity contribution in [3.63, 3.8) is 0 Å². The summed E-state index contributed by atoms with van der Waals surface area (Å²) in [6.45, 7) is 5.29. The topological polar surface area (TPSA) is 87.2 Å². The molecule has 0 aliphatic carbocycles. The molecule has 2 amide bonds. The molecular weight excluding hydrogens is 398 g/mol. The maximum absolute atomic E-state index is 12.2. The smallest absolute Gasteiger partial charge is 0.286 e. The van der Waals surface area contributed by atoms with Crippen LogP contribution in [0.25, 0.3) is 0 Å².